The first kappa shape index (κ1) is 15.6. The van der Waals surface area contributed by atoms with Crippen molar-refractivity contribution in [2.75, 3.05) is 5.32 Å². The van der Waals surface area contributed by atoms with Gasteiger partial charge in [-0.1, -0.05) is 12.1 Å². The third kappa shape index (κ3) is 3.85. The minimum atomic E-state index is -5.03. The molecule has 0 saturated heterocycles. The van der Waals surface area contributed by atoms with E-state index in [2.05, 4.69) is 0 Å². The van der Waals surface area contributed by atoms with Crippen LogP contribution in [0.1, 0.15) is 16.1 Å². The second-order valence-electron chi connectivity index (χ2n) is 4.21. The second-order valence-corrected chi connectivity index (χ2v) is 4.21. The molecule has 0 saturated carbocycles. The van der Waals surface area contributed by atoms with Crippen molar-refractivity contribution in [1.29, 1.82) is 0 Å². The van der Waals surface area contributed by atoms with E-state index in [1.165, 1.54) is 36.6 Å². The lowest BCUT2D eigenvalue weighted by molar-refractivity contribution is -0.167. The van der Waals surface area contributed by atoms with Gasteiger partial charge in [0.2, 0.25) is 0 Å². The van der Waals surface area contributed by atoms with Crippen molar-refractivity contribution in [2.45, 2.75) is 6.18 Å². The highest BCUT2D eigenvalue weighted by Gasteiger charge is 2.39. The average molecular weight is 309 g/mol. The van der Waals surface area contributed by atoms with E-state index in [1.807, 2.05) is 0 Å². The van der Waals surface area contributed by atoms with Crippen molar-refractivity contribution >= 4 is 23.5 Å². The highest BCUT2D eigenvalue weighted by molar-refractivity contribution is 6.12. The molecule has 0 aliphatic carbocycles. The predicted octanol–water partition coefficient (Wildman–Crippen LogP) is 3.68. The number of hydrogen-bond acceptors (Lipinski definition) is 3. The number of anilines is 1. The molecule has 0 fully saturated rings. The summed E-state index contributed by atoms with van der Waals surface area (Å²) >= 11 is 0. The number of halogens is 3. The largest absolute Gasteiger partial charge is 0.471 e. The van der Waals surface area contributed by atoms with Crippen LogP contribution in [-0.4, -0.2) is 17.9 Å². The number of para-hydroxylation sites is 1. The number of alkyl halides is 3. The summed E-state index contributed by atoms with van der Waals surface area (Å²) in [4.78, 5) is 23.0. The normalized spacial score (nSPS) is 11.6. The van der Waals surface area contributed by atoms with Gasteiger partial charge in [0, 0.05) is 5.56 Å². The van der Waals surface area contributed by atoms with Gasteiger partial charge in [0.1, 0.15) is 5.76 Å². The topological polar surface area (TPSA) is 59.3 Å². The minimum Gasteiger partial charge on any atom is -0.465 e. The SMILES string of the molecule is O=C(/C=C/c1ccco1)c1ccccc1NC(=O)C(F)(F)F. The van der Waals surface area contributed by atoms with Crippen LogP contribution in [0, 0.1) is 0 Å². The van der Waals surface area contributed by atoms with Crippen LogP contribution in [-0.2, 0) is 4.79 Å². The monoisotopic (exact) mass is 309 g/mol. The first-order valence-corrected chi connectivity index (χ1v) is 6.11. The highest BCUT2D eigenvalue weighted by Crippen LogP contribution is 2.21. The van der Waals surface area contributed by atoms with E-state index in [4.69, 9.17) is 4.42 Å². The Balaban J connectivity index is 2.21. The van der Waals surface area contributed by atoms with Crippen molar-refractivity contribution < 1.29 is 27.2 Å². The molecule has 0 spiro atoms. The molecule has 0 aliphatic heterocycles. The van der Waals surface area contributed by atoms with Crippen LogP contribution in [0.15, 0.2) is 53.2 Å². The molecule has 1 N–H and O–H groups in total. The standard InChI is InChI=1S/C15H10F3NO3/c16-15(17,18)14(21)19-12-6-2-1-5-11(12)13(20)8-7-10-4-3-9-22-10/h1-9H,(H,19,21)/b8-7+. The number of benzene rings is 1. The quantitative estimate of drug-likeness (QED) is 0.692. The van der Waals surface area contributed by atoms with Gasteiger partial charge in [-0.05, 0) is 36.4 Å². The van der Waals surface area contributed by atoms with E-state index < -0.39 is 17.9 Å². The van der Waals surface area contributed by atoms with Crippen molar-refractivity contribution in [1.82, 2.24) is 0 Å². The van der Waals surface area contributed by atoms with Gasteiger partial charge >= 0.3 is 12.1 Å². The van der Waals surface area contributed by atoms with Crippen LogP contribution in [0.5, 0.6) is 0 Å². The Morgan fingerprint density at radius 2 is 1.82 bits per heavy atom. The molecular weight excluding hydrogens is 299 g/mol. The molecule has 1 amide bonds. The van der Waals surface area contributed by atoms with E-state index in [0.717, 1.165) is 6.08 Å². The lowest BCUT2D eigenvalue weighted by atomic mass is 10.1. The zero-order valence-corrected chi connectivity index (χ0v) is 11.1. The summed E-state index contributed by atoms with van der Waals surface area (Å²) in [5, 5.41) is 1.68. The third-order valence-electron chi connectivity index (χ3n) is 2.64. The fraction of sp³-hybridized carbons (Fsp3) is 0.0667. The number of carbonyl (C=O) groups excluding carboxylic acids is 2. The molecule has 0 unspecified atom stereocenters. The van der Waals surface area contributed by atoms with Crippen molar-refractivity contribution in [3.63, 3.8) is 0 Å². The molecule has 1 aromatic heterocycles. The van der Waals surface area contributed by atoms with Crippen LogP contribution in [0.4, 0.5) is 18.9 Å². The molecule has 4 nitrogen and oxygen atoms in total. The summed E-state index contributed by atoms with van der Waals surface area (Å²) in [7, 11) is 0. The molecule has 2 aromatic rings. The number of furan rings is 1. The number of hydrogen-bond donors (Lipinski definition) is 1. The van der Waals surface area contributed by atoms with Crippen molar-refractivity contribution in [3.05, 3.63) is 60.1 Å². The molecule has 114 valence electrons. The Bertz CT molecular complexity index is 703. The number of amides is 1. The third-order valence-corrected chi connectivity index (χ3v) is 2.64. The maximum atomic E-state index is 12.3. The summed E-state index contributed by atoms with van der Waals surface area (Å²) in [6.07, 6.45) is -1.08. The minimum absolute atomic E-state index is 0.0529. The van der Waals surface area contributed by atoms with Crippen molar-refractivity contribution in [2.24, 2.45) is 0 Å². The smallest absolute Gasteiger partial charge is 0.465 e. The lowest BCUT2D eigenvalue weighted by Crippen LogP contribution is -2.30. The molecule has 0 radical (unpaired) electrons. The maximum absolute atomic E-state index is 12.3. The summed E-state index contributed by atoms with van der Waals surface area (Å²) < 4.78 is 41.8. The molecular formula is C15H10F3NO3. The number of nitrogens with one attached hydrogen (secondary N) is 1. The fourth-order valence-electron chi connectivity index (χ4n) is 1.63. The van der Waals surface area contributed by atoms with Crippen LogP contribution in [0.2, 0.25) is 0 Å². The van der Waals surface area contributed by atoms with Gasteiger partial charge in [-0.3, -0.25) is 9.59 Å². The summed E-state index contributed by atoms with van der Waals surface area (Å²) in [5.74, 6) is -2.28. The molecule has 2 rings (SSSR count). The van der Waals surface area contributed by atoms with Gasteiger partial charge in [-0.25, -0.2) is 0 Å². The first-order chi connectivity index (χ1) is 10.4. The Hall–Kier alpha value is -2.83. The summed E-state index contributed by atoms with van der Waals surface area (Å²) in [5.41, 5.74) is -0.262. The first-order valence-electron chi connectivity index (χ1n) is 6.11. The van der Waals surface area contributed by atoms with Crippen LogP contribution in [0.3, 0.4) is 0 Å². The lowest BCUT2D eigenvalue weighted by Gasteiger charge is -2.10. The zero-order chi connectivity index (χ0) is 16.2. The van der Waals surface area contributed by atoms with Crippen LogP contribution in [0.25, 0.3) is 6.08 Å². The van der Waals surface area contributed by atoms with Gasteiger partial charge in [-0.15, -0.1) is 0 Å². The second kappa shape index (κ2) is 6.30. The van der Waals surface area contributed by atoms with E-state index in [1.54, 1.807) is 17.4 Å². The molecule has 22 heavy (non-hydrogen) atoms. The molecule has 1 aromatic carbocycles. The molecule has 0 atom stereocenters. The fourth-order valence-corrected chi connectivity index (χ4v) is 1.63. The Kier molecular flexibility index (Phi) is 4.45. The Morgan fingerprint density at radius 1 is 1.09 bits per heavy atom. The summed E-state index contributed by atoms with van der Waals surface area (Å²) in [6.45, 7) is 0. The van der Waals surface area contributed by atoms with Crippen LogP contribution >= 0.6 is 0 Å². The van der Waals surface area contributed by atoms with E-state index in [0.29, 0.717) is 5.76 Å². The predicted molar refractivity (Wildman–Crippen MR) is 73.2 cm³/mol. The Labute approximate surface area is 123 Å². The number of rotatable bonds is 4. The summed E-state index contributed by atoms with van der Waals surface area (Å²) in [6, 6.07) is 8.68. The van der Waals surface area contributed by atoms with Gasteiger partial charge < -0.3 is 9.73 Å². The highest BCUT2D eigenvalue weighted by atomic mass is 19.4. The maximum Gasteiger partial charge on any atom is 0.471 e. The molecule has 1 heterocycles. The van der Waals surface area contributed by atoms with Crippen LogP contribution < -0.4 is 5.32 Å². The van der Waals surface area contributed by atoms with E-state index in [9.17, 15) is 22.8 Å². The number of allylic oxidation sites excluding steroid dienone is 1. The van der Waals surface area contributed by atoms with Gasteiger partial charge in [0.05, 0.1) is 12.0 Å². The van der Waals surface area contributed by atoms with Gasteiger partial charge in [0.25, 0.3) is 0 Å². The molecule has 0 aliphatic rings. The van der Waals surface area contributed by atoms with E-state index >= 15 is 0 Å². The van der Waals surface area contributed by atoms with Gasteiger partial charge in [-0.2, -0.15) is 13.2 Å². The number of carbonyl (C=O) groups is 2. The number of ketones is 1. The average Bonchev–Trinajstić information content (AvgIpc) is 2.97. The van der Waals surface area contributed by atoms with Crippen molar-refractivity contribution in [3.8, 4) is 0 Å². The van der Waals surface area contributed by atoms with E-state index in [-0.39, 0.29) is 11.3 Å². The Morgan fingerprint density at radius 3 is 2.45 bits per heavy atom. The van der Waals surface area contributed by atoms with Gasteiger partial charge in [0.15, 0.2) is 5.78 Å². The molecule has 7 heteroatoms. The molecule has 0 bridgehead atoms. The zero-order valence-electron chi connectivity index (χ0n) is 11.1.